The van der Waals surface area contributed by atoms with Gasteiger partial charge in [0.1, 0.15) is 0 Å². The smallest absolute Gasteiger partial charge is 0.172 e. The van der Waals surface area contributed by atoms with Crippen molar-refractivity contribution in [3.8, 4) is 11.8 Å². The number of nitrogens with zero attached hydrogens (tertiary/aromatic N) is 3. The van der Waals surface area contributed by atoms with Crippen molar-refractivity contribution >= 4 is 11.8 Å². The molecule has 0 N–H and O–H groups in total. The Morgan fingerprint density at radius 2 is 2.22 bits per heavy atom. The number of aromatic nitrogens is 2. The maximum Gasteiger partial charge on any atom is 0.172 e. The second-order valence-corrected chi connectivity index (χ2v) is 5.19. The van der Waals surface area contributed by atoms with E-state index in [0.717, 1.165) is 16.6 Å². The van der Waals surface area contributed by atoms with Crippen LogP contribution in [0.25, 0.3) is 5.69 Å². The molecule has 0 unspecified atom stereocenters. The van der Waals surface area contributed by atoms with Crippen LogP contribution in [0.5, 0.6) is 0 Å². The average Bonchev–Trinajstić information content (AvgIpc) is 2.78. The predicted octanol–water partition coefficient (Wildman–Crippen LogP) is 3.49. The van der Waals surface area contributed by atoms with Gasteiger partial charge in [0.05, 0.1) is 11.8 Å². The summed E-state index contributed by atoms with van der Waals surface area (Å²) in [7, 11) is 0. The number of rotatable bonds is 4. The van der Waals surface area contributed by atoms with Crippen molar-refractivity contribution in [2.24, 2.45) is 0 Å². The standard InChI is InChI=1S/C14H15N3S/c1-11-4-5-13(12(2)10-11)17-8-7-16-14(17)18-9-3-6-15/h4-5,7-8,10H,3,9H2,1-2H3. The normalized spacial score (nSPS) is 10.3. The highest BCUT2D eigenvalue weighted by atomic mass is 32.2. The monoisotopic (exact) mass is 257 g/mol. The van der Waals surface area contributed by atoms with Gasteiger partial charge in [-0.1, -0.05) is 29.5 Å². The first-order valence-corrected chi connectivity index (χ1v) is 6.81. The molecule has 3 nitrogen and oxygen atoms in total. The van der Waals surface area contributed by atoms with E-state index in [2.05, 4.69) is 47.7 Å². The molecule has 1 aromatic heterocycles. The van der Waals surface area contributed by atoms with Crippen LogP contribution in [0.3, 0.4) is 0 Å². The Morgan fingerprint density at radius 3 is 2.94 bits per heavy atom. The molecular formula is C14H15N3S. The lowest BCUT2D eigenvalue weighted by Gasteiger charge is -2.10. The van der Waals surface area contributed by atoms with E-state index in [1.54, 1.807) is 18.0 Å². The lowest BCUT2D eigenvalue weighted by molar-refractivity contribution is 0.886. The third-order valence-electron chi connectivity index (χ3n) is 2.66. The third kappa shape index (κ3) is 2.74. The van der Waals surface area contributed by atoms with Crippen LogP contribution in [0.15, 0.2) is 35.7 Å². The molecule has 1 aromatic carbocycles. The molecule has 2 aromatic rings. The molecule has 0 aliphatic carbocycles. The topological polar surface area (TPSA) is 41.6 Å². The Kier molecular flexibility index (Phi) is 4.06. The van der Waals surface area contributed by atoms with Gasteiger partial charge in [-0.05, 0) is 25.5 Å². The van der Waals surface area contributed by atoms with Crippen LogP contribution in [-0.2, 0) is 0 Å². The first kappa shape index (κ1) is 12.7. The number of hydrogen-bond acceptors (Lipinski definition) is 3. The van der Waals surface area contributed by atoms with Crippen molar-refractivity contribution in [3.63, 3.8) is 0 Å². The number of benzene rings is 1. The second kappa shape index (κ2) is 5.74. The van der Waals surface area contributed by atoms with Crippen LogP contribution in [0, 0.1) is 25.2 Å². The summed E-state index contributed by atoms with van der Waals surface area (Å²) in [6.45, 7) is 4.19. The summed E-state index contributed by atoms with van der Waals surface area (Å²) in [6, 6.07) is 8.53. The van der Waals surface area contributed by atoms with Crippen LogP contribution in [0.4, 0.5) is 0 Å². The maximum absolute atomic E-state index is 8.57. The van der Waals surface area contributed by atoms with Crippen molar-refractivity contribution in [2.75, 3.05) is 5.75 Å². The first-order valence-electron chi connectivity index (χ1n) is 5.83. The fourth-order valence-corrected chi connectivity index (χ4v) is 2.65. The summed E-state index contributed by atoms with van der Waals surface area (Å²) in [5, 5.41) is 9.51. The molecule has 0 saturated heterocycles. The zero-order valence-electron chi connectivity index (χ0n) is 10.6. The summed E-state index contributed by atoms with van der Waals surface area (Å²) >= 11 is 1.62. The average molecular weight is 257 g/mol. The first-order chi connectivity index (χ1) is 8.72. The van der Waals surface area contributed by atoms with Gasteiger partial charge < -0.3 is 0 Å². The Balaban J connectivity index is 2.28. The zero-order valence-corrected chi connectivity index (χ0v) is 11.4. The SMILES string of the molecule is Cc1ccc(-n2ccnc2SCCC#N)c(C)c1. The van der Waals surface area contributed by atoms with Crippen molar-refractivity contribution < 1.29 is 0 Å². The highest BCUT2D eigenvalue weighted by Crippen LogP contribution is 2.23. The summed E-state index contributed by atoms with van der Waals surface area (Å²) in [5.74, 6) is 0.776. The number of imidazole rings is 1. The van der Waals surface area contributed by atoms with Crippen LogP contribution in [0.2, 0.25) is 0 Å². The van der Waals surface area contributed by atoms with Gasteiger partial charge in [-0.25, -0.2) is 4.98 Å². The van der Waals surface area contributed by atoms with E-state index in [1.165, 1.54) is 11.1 Å². The van der Waals surface area contributed by atoms with Gasteiger partial charge in [0.25, 0.3) is 0 Å². The molecule has 1 heterocycles. The second-order valence-electron chi connectivity index (χ2n) is 4.13. The number of thioether (sulfide) groups is 1. The van der Waals surface area contributed by atoms with E-state index < -0.39 is 0 Å². The highest BCUT2D eigenvalue weighted by molar-refractivity contribution is 7.99. The van der Waals surface area contributed by atoms with Gasteiger partial charge >= 0.3 is 0 Å². The van der Waals surface area contributed by atoms with Crippen LogP contribution in [-0.4, -0.2) is 15.3 Å². The Bertz CT molecular complexity index is 581. The highest BCUT2D eigenvalue weighted by Gasteiger charge is 2.07. The molecular weight excluding hydrogens is 242 g/mol. The van der Waals surface area contributed by atoms with E-state index in [0.29, 0.717) is 6.42 Å². The lowest BCUT2D eigenvalue weighted by Crippen LogP contribution is -1.98. The molecule has 2 rings (SSSR count). The van der Waals surface area contributed by atoms with E-state index >= 15 is 0 Å². The molecule has 0 spiro atoms. The summed E-state index contributed by atoms with van der Waals surface area (Å²) in [6.07, 6.45) is 4.31. The van der Waals surface area contributed by atoms with Crippen LogP contribution in [0.1, 0.15) is 17.5 Å². The van der Waals surface area contributed by atoms with Crippen LogP contribution < -0.4 is 0 Å². The van der Waals surface area contributed by atoms with E-state index in [4.69, 9.17) is 5.26 Å². The third-order valence-corrected chi connectivity index (χ3v) is 3.63. The maximum atomic E-state index is 8.57. The van der Waals surface area contributed by atoms with Gasteiger partial charge in [0, 0.05) is 24.6 Å². The molecule has 0 saturated carbocycles. The van der Waals surface area contributed by atoms with E-state index in [-0.39, 0.29) is 0 Å². The minimum atomic E-state index is 0.546. The van der Waals surface area contributed by atoms with E-state index in [1.807, 2.05) is 6.20 Å². The molecule has 0 fully saturated rings. The molecule has 0 aliphatic heterocycles. The minimum absolute atomic E-state index is 0.546. The molecule has 0 radical (unpaired) electrons. The molecule has 0 atom stereocenters. The van der Waals surface area contributed by atoms with Crippen molar-refractivity contribution in [1.29, 1.82) is 5.26 Å². The Morgan fingerprint density at radius 1 is 1.39 bits per heavy atom. The minimum Gasteiger partial charge on any atom is -0.295 e. The summed E-state index contributed by atoms with van der Waals surface area (Å²) < 4.78 is 2.08. The zero-order chi connectivity index (χ0) is 13.0. The lowest BCUT2D eigenvalue weighted by atomic mass is 10.1. The molecule has 0 bridgehead atoms. The molecule has 0 aliphatic rings. The van der Waals surface area contributed by atoms with Crippen LogP contribution >= 0.6 is 11.8 Å². The van der Waals surface area contributed by atoms with E-state index in [9.17, 15) is 0 Å². The number of aryl methyl sites for hydroxylation is 2. The molecule has 18 heavy (non-hydrogen) atoms. The van der Waals surface area contributed by atoms with Gasteiger partial charge in [0.15, 0.2) is 5.16 Å². The van der Waals surface area contributed by atoms with Gasteiger partial charge in [-0.15, -0.1) is 0 Å². The van der Waals surface area contributed by atoms with Gasteiger partial charge in [0.2, 0.25) is 0 Å². The number of hydrogen-bond donors (Lipinski definition) is 0. The molecule has 0 amide bonds. The number of nitriles is 1. The Labute approximate surface area is 111 Å². The van der Waals surface area contributed by atoms with Crippen molar-refractivity contribution in [1.82, 2.24) is 9.55 Å². The fraction of sp³-hybridized carbons (Fsp3) is 0.286. The molecule has 4 heteroatoms. The summed E-state index contributed by atoms with van der Waals surface area (Å²) in [4.78, 5) is 4.34. The van der Waals surface area contributed by atoms with Crippen molar-refractivity contribution in [3.05, 3.63) is 41.7 Å². The summed E-state index contributed by atoms with van der Waals surface area (Å²) in [5.41, 5.74) is 3.64. The van der Waals surface area contributed by atoms with Gasteiger partial charge in [-0.2, -0.15) is 5.26 Å². The van der Waals surface area contributed by atoms with Gasteiger partial charge in [-0.3, -0.25) is 4.57 Å². The Hall–Kier alpha value is -1.73. The quantitative estimate of drug-likeness (QED) is 0.622. The predicted molar refractivity (Wildman–Crippen MR) is 74.0 cm³/mol. The fourth-order valence-electron chi connectivity index (χ4n) is 1.84. The largest absolute Gasteiger partial charge is 0.295 e. The molecule has 92 valence electrons. The van der Waals surface area contributed by atoms with Crippen molar-refractivity contribution in [2.45, 2.75) is 25.4 Å².